The van der Waals surface area contributed by atoms with Gasteiger partial charge < -0.3 is 0 Å². The summed E-state index contributed by atoms with van der Waals surface area (Å²) in [5.41, 5.74) is 2.26. The van der Waals surface area contributed by atoms with Gasteiger partial charge in [0.25, 0.3) is 0 Å². The zero-order chi connectivity index (χ0) is 13.7. The first-order valence-electron chi connectivity index (χ1n) is 6.49. The highest BCUT2D eigenvalue weighted by molar-refractivity contribution is 6.85. The molecule has 0 bridgehead atoms. The van der Waals surface area contributed by atoms with Gasteiger partial charge >= 0.3 is 0 Å². The predicted octanol–water partition coefficient (Wildman–Crippen LogP) is 3.43. The van der Waals surface area contributed by atoms with Crippen molar-refractivity contribution in [1.82, 2.24) is 0 Å². The lowest BCUT2D eigenvalue weighted by Crippen LogP contribution is -2.42. The average Bonchev–Trinajstić information content (AvgIpc) is 2.46. The van der Waals surface area contributed by atoms with E-state index in [9.17, 15) is 0 Å². The van der Waals surface area contributed by atoms with E-state index >= 15 is 0 Å². The fourth-order valence-corrected chi connectivity index (χ4v) is 4.67. The molecule has 0 aliphatic rings. The van der Waals surface area contributed by atoms with E-state index in [0.29, 0.717) is 0 Å². The number of rotatable bonds is 5. The summed E-state index contributed by atoms with van der Waals surface area (Å²) in [6.07, 6.45) is 0. The van der Waals surface area contributed by atoms with Crippen molar-refractivity contribution in [2.24, 2.45) is 0 Å². The molecule has 1 radical (unpaired) electrons. The van der Waals surface area contributed by atoms with Crippen molar-refractivity contribution < 1.29 is 0 Å². The summed E-state index contributed by atoms with van der Waals surface area (Å²) >= 11 is 0. The monoisotopic (exact) mass is 263 g/mol. The van der Waals surface area contributed by atoms with Crippen LogP contribution in [-0.2, 0) is 0 Å². The van der Waals surface area contributed by atoms with Gasteiger partial charge in [0.1, 0.15) is 8.80 Å². The third kappa shape index (κ3) is 3.55. The minimum Gasteiger partial charge on any atom is -0.0959 e. The smallest absolute Gasteiger partial charge is 0.0959 e. The van der Waals surface area contributed by atoms with Gasteiger partial charge in [-0.25, -0.2) is 0 Å². The summed E-state index contributed by atoms with van der Waals surface area (Å²) in [5.74, 6) is 0. The maximum atomic E-state index is 4.17. The molecule has 0 aliphatic heterocycles. The van der Waals surface area contributed by atoms with Crippen LogP contribution in [0.15, 0.2) is 85.0 Å². The molecule has 0 aromatic heterocycles. The summed E-state index contributed by atoms with van der Waals surface area (Å²) in [5, 5.41) is 2.86. The Balaban J connectivity index is 2.34. The van der Waals surface area contributed by atoms with Gasteiger partial charge in [-0.2, -0.15) is 0 Å². The fourth-order valence-electron chi connectivity index (χ4n) is 2.01. The number of benzene rings is 2. The van der Waals surface area contributed by atoms with Crippen molar-refractivity contribution in [2.45, 2.75) is 13.0 Å². The van der Waals surface area contributed by atoms with Crippen LogP contribution in [0, 0.1) is 0 Å². The Morgan fingerprint density at radius 2 is 1.26 bits per heavy atom. The Morgan fingerprint density at radius 1 is 0.842 bits per heavy atom. The molecule has 1 heteroatoms. The molecule has 95 valence electrons. The highest BCUT2D eigenvalue weighted by Gasteiger charge is 2.17. The van der Waals surface area contributed by atoms with Crippen molar-refractivity contribution >= 4 is 19.2 Å². The second-order valence-electron chi connectivity index (χ2n) is 4.77. The van der Waals surface area contributed by atoms with E-state index in [1.165, 1.54) is 15.9 Å². The zero-order valence-corrected chi connectivity index (χ0v) is 12.4. The van der Waals surface area contributed by atoms with Crippen LogP contribution in [0.5, 0.6) is 0 Å². The second kappa shape index (κ2) is 6.35. The minimum absolute atomic E-state index is 0.804. The maximum absolute atomic E-state index is 4.17. The van der Waals surface area contributed by atoms with Crippen LogP contribution in [0.4, 0.5) is 0 Å². The number of hydrogen-bond acceptors (Lipinski definition) is 0. The maximum Gasteiger partial charge on any atom is 0.125 e. The van der Waals surface area contributed by atoms with E-state index in [-0.39, 0.29) is 0 Å². The summed E-state index contributed by atoms with van der Waals surface area (Å²) in [7, 11) is -0.804. The van der Waals surface area contributed by atoms with Gasteiger partial charge in [0.15, 0.2) is 0 Å². The van der Waals surface area contributed by atoms with Gasteiger partial charge in [-0.1, -0.05) is 95.3 Å². The molecule has 2 aromatic rings. The summed E-state index contributed by atoms with van der Waals surface area (Å²) in [4.78, 5) is 0. The lowest BCUT2D eigenvalue weighted by molar-refractivity contribution is 1.36. The van der Waals surface area contributed by atoms with Crippen LogP contribution in [0.25, 0.3) is 0 Å². The van der Waals surface area contributed by atoms with E-state index < -0.39 is 8.80 Å². The van der Waals surface area contributed by atoms with Crippen molar-refractivity contribution in [3.63, 3.8) is 0 Å². The second-order valence-corrected chi connectivity index (χ2v) is 7.24. The Morgan fingerprint density at radius 3 is 1.63 bits per heavy atom. The molecule has 0 nitrogen and oxygen atoms in total. The normalized spacial score (nSPS) is 10.4. The molecular formula is C18H19Si. The van der Waals surface area contributed by atoms with Crippen LogP contribution in [0.3, 0.4) is 0 Å². The van der Waals surface area contributed by atoms with Gasteiger partial charge in [-0.15, -0.1) is 0 Å². The van der Waals surface area contributed by atoms with E-state index in [0.717, 1.165) is 11.6 Å². The van der Waals surface area contributed by atoms with E-state index in [2.05, 4.69) is 73.8 Å². The molecule has 0 heterocycles. The first-order chi connectivity index (χ1) is 9.18. The molecule has 0 amide bonds. The van der Waals surface area contributed by atoms with Crippen LogP contribution >= 0.6 is 0 Å². The lowest BCUT2D eigenvalue weighted by Gasteiger charge is -2.17. The summed E-state index contributed by atoms with van der Waals surface area (Å²) < 4.78 is 0. The minimum atomic E-state index is -0.804. The first-order valence-corrected chi connectivity index (χ1v) is 8.19. The molecule has 0 aliphatic carbocycles. The first kappa shape index (κ1) is 13.6. The molecule has 0 saturated carbocycles. The Labute approximate surface area is 117 Å². The number of hydrogen-bond donors (Lipinski definition) is 0. The molecule has 0 atom stereocenters. The molecule has 0 unspecified atom stereocenters. The van der Waals surface area contributed by atoms with Crippen molar-refractivity contribution in [2.75, 3.05) is 0 Å². The molecule has 0 spiro atoms. The zero-order valence-electron chi connectivity index (χ0n) is 11.4. The Bertz CT molecular complexity index is 515. The molecule has 0 fully saturated rings. The third-order valence-electron chi connectivity index (χ3n) is 3.24. The molecule has 0 N–H and O–H groups in total. The van der Waals surface area contributed by atoms with Crippen LogP contribution in [0.2, 0.25) is 6.04 Å². The van der Waals surface area contributed by atoms with E-state index in [1.54, 1.807) is 0 Å². The number of allylic oxidation sites excluding steroid dienone is 2. The molecule has 19 heavy (non-hydrogen) atoms. The molecule has 0 saturated heterocycles. The highest BCUT2D eigenvalue weighted by atomic mass is 28.3. The van der Waals surface area contributed by atoms with Crippen LogP contribution in [-0.4, -0.2) is 8.80 Å². The van der Waals surface area contributed by atoms with Crippen molar-refractivity contribution in [1.29, 1.82) is 0 Å². The Hall–Kier alpha value is -1.86. The fraction of sp³-hybridized carbons (Fsp3) is 0.111. The van der Waals surface area contributed by atoms with Gasteiger partial charge in [0.05, 0.1) is 0 Å². The van der Waals surface area contributed by atoms with E-state index in [4.69, 9.17) is 0 Å². The molecule has 2 aromatic carbocycles. The van der Waals surface area contributed by atoms with Gasteiger partial charge in [-0.3, -0.25) is 0 Å². The standard InChI is InChI=1S/C18H19Si/c1-15(2)16(3)14-19(17-10-6-4-7-11-17)18-12-8-5-9-13-18/h4-13H,1,3,14H2,2H3. The van der Waals surface area contributed by atoms with Crippen molar-refractivity contribution in [3.05, 3.63) is 85.0 Å². The highest BCUT2D eigenvalue weighted by Crippen LogP contribution is 2.12. The van der Waals surface area contributed by atoms with Gasteiger partial charge in [-0.05, 0) is 13.0 Å². The lowest BCUT2D eigenvalue weighted by atomic mass is 10.2. The van der Waals surface area contributed by atoms with Crippen LogP contribution in [0.1, 0.15) is 6.92 Å². The molecular weight excluding hydrogens is 244 g/mol. The van der Waals surface area contributed by atoms with Gasteiger partial charge in [0, 0.05) is 0 Å². The third-order valence-corrected chi connectivity index (χ3v) is 6.08. The summed E-state index contributed by atoms with van der Waals surface area (Å²) in [6.45, 7) is 10.2. The van der Waals surface area contributed by atoms with Crippen molar-refractivity contribution in [3.8, 4) is 0 Å². The van der Waals surface area contributed by atoms with Crippen LogP contribution < -0.4 is 10.4 Å². The average molecular weight is 263 g/mol. The molecule has 2 rings (SSSR count). The predicted molar refractivity (Wildman–Crippen MR) is 86.7 cm³/mol. The summed E-state index contributed by atoms with van der Waals surface area (Å²) in [6, 6.07) is 22.6. The SMILES string of the molecule is C=C(C)C(=C)C[Si](c1ccccc1)c1ccccc1. The topological polar surface area (TPSA) is 0 Å². The quantitative estimate of drug-likeness (QED) is 0.573. The largest absolute Gasteiger partial charge is 0.125 e. The van der Waals surface area contributed by atoms with E-state index in [1.807, 2.05) is 6.92 Å². The van der Waals surface area contributed by atoms with Gasteiger partial charge in [0.2, 0.25) is 0 Å². The Kier molecular flexibility index (Phi) is 4.53.